The average molecular weight is 340 g/mol. The molecule has 2 aliphatic rings. The number of hydrogen-bond donors (Lipinski definition) is 1. The summed E-state index contributed by atoms with van der Waals surface area (Å²) in [6.07, 6.45) is 0.727. The number of morpholine rings is 1. The molecule has 1 aromatic carbocycles. The number of nitrogens with one attached hydrogen (secondary N) is 1. The Hall–Kier alpha value is -2.54. The highest BCUT2D eigenvalue weighted by molar-refractivity contribution is 5.97. The number of hydrogen-bond acceptors (Lipinski definition) is 5. The molecule has 7 heteroatoms. The van der Waals surface area contributed by atoms with E-state index in [2.05, 4.69) is 15.3 Å². The molecule has 1 unspecified atom stereocenters. The smallest absolute Gasteiger partial charge is 0.254 e. The van der Waals surface area contributed by atoms with E-state index in [9.17, 15) is 9.59 Å². The number of aromatic nitrogens is 2. The molecule has 7 nitrogen and oxygen atoms in total. The molecule has 2 fully saturated rings. The monoisotopic (exact) mass is 340 g/mol. The fourth-order valence-electron chi connectivity index (χ4n) is 3.41. The van der Waals surface area contributed by atoms with Gasteiger partial charge in [0, 0.05) is 18.7 Å². The Bertz CT molecular complexity index is 870. The van der Waals surface area contributed by atoms with E-state index in [0.29, 0.717) is 25.2 Å². The fraction of sp³-hybridized carbons (Fsp3) is 0.444. The molecule has 1 N–H and O–H groups in total. The second kappa shape index (κ2) is 5.77. The Morgan fingerprint density at radius 1 is 1.24 bits per heavy atom. The zero-order valence-electron chi connectivity index (χ0n) is 14.3. The van der Waals surface area contributed by atoms with Crippen LogP contribution in [0.15, 0.2) is 18.2 Å². The highest BCUT2D eigenvalue weighted by Gasteiger charge is 2.43. The zero-order valence-corrected chi connectivity index (χ0v) is 14.3. The molecule has 4 rings (SSSR count). The summed E-state index contributed by atoms with van der Waals surface area (Å²) in [6.45, 7) is 5.46. The Morgan fingerprint density at radius 3 is 2.72 bits per heavy atom. The molecule has 2 saturated heterocycles. The lowest BCUT2D eigenvalue weighted by atomic mass is 10.0. The first kappa shape index (κ1) is 16.0. The van der Waals surface area contributed by atoms with Gasteiger partial charge in [-0.3, -0.25) is 9.59 Å². The van der Waals surface area contributed by atoms with E-state index in [1.165, 1.54) is 0 Å². The van der Waals surface area contributed by atoms with Gasteiger partial charge in [0.05, 0.1) is 29.0 Å². The van der Waals surface area contributed by atoms with Crippen molar-refractivity contribution >= 4 is 22.8 Å². The van der Waals surface area contributed by atoms with Gasteiger partial charge in [-0.15, -0.1) is 0 Å². The van der Waals surface area contributed by atoms with Crippen molar-refractivity contribution in [1.29, 1.82) is 0 Å². The summed E-state index contributed by atoms with van der Waals surface area (Å²) < 4.78 is 5.73. The topological polar surface area (TPSA) is 84.4 Å². The van der Waals surface area contributed by atoms with Crippen LogP contribution in [0.4, 0.5) is 0 Å². The molecule has 0 bridgehead atoms. The molecule has 25 heavy (non-hydrogen) atoms. The first-order valence-electron chi connectivity index (χ1n) is 8.41. The molecule has 1 aromatic heterocycles. The van der Waals surface area contributed by atoms with Crippen LogP contribution in [0.2, 0.25) is 0 Å². The number of aryl methyl sites for hydroxylation is 2. The van der Waals surface area contributed by atoms with Crippen LogP contribution in [0.25, 0.3) is 11.0 Å². The number of amides is 2. The Kier molecular flexibility index (Phi) is 3.68. The number of ether oxygens (including phenoxy) is 1. The summed E-state index contributed by atoms with van der Waals surface area (Å²) in [5, 5.41) is 2.83. The van der Waals surface area contributed by atoms with E-state index in [1.807, 2.05) is 19.9 Å². The molecule has 2 aliphatic heterocycles. The van der Waals surface area contributed by atoms with E-state index in [-0.39, 0.29) is 18.4 Å². The van der Waals surface area contributed by atoms with E-state index < -0.39 is 5.60 Å². The number of likely N-dealkylation sites (tertiary alicyclic amines) is 1. The fourth-order valence-corrected chi connectivity index (χ4v) is 3.41. The maximum absolute atomic E-state index is 12.9. The molecular formula is C18H20N4O3. The second-order valence-electron chi connectivity index (χ2n) is 6.82. The third-order valence-corrected chi connectivity index (χ3v) is 5.04. The van der Waals surface area contributed by atoms with E-state index in [1.54, 1.807) is 17.0 Å². The van der Waals surface area contributed by atoms with Gasteiger partial charge in [0.15, 0.2) is 0 Å². The van der Waals surface area contributed by atoms with E-state index in [4.69, 9.17) is 4.74 Å². The van der Waals surface area contributed by atoms with Gasteiger partial charge in [-0.25, -0.2) is 9.97 Å². The number of carbonyl (C=O) groups is 2. The predicted octanol–water partition coefficient (Wildman–Crippen LogP) is 0.978. The SMILES string of the molecule is Cc1nc2ccc(C(=O)N3CCC4(CNC(=O)CO4)C3)cc2nc1C. The Balaban J connectivity index is 1.56. The molecule has 0 radical (unpaired) electrons. The Labute approximate surface area is 145 Å². The molecule has 3 heterocycles. The maximum Gasteiger partial charge on any atom is 0.254 e. The van der Waals surface area contributed by atoms with Crippen LogP contribution in [0.5, 0.6) is 0 Å². The minimum absolute atomic E-state index is 0.0423. The van der Waals surface area contributed by atoms with Gasteiger partial charge in [-0.1, -0.05) is 0 Å². The van der Waals surface area contributed by atoms with Crippen molar-refractivity contribution in [3.05, 3.63) is 35.2 Å². The maximum atomic E-state index is 12.9. The zero-order chi connectivity index (χ0) is 17.6. The number of nitrogens with zero attached hydrogens (tertiary/aromatic N) is 3. The average Bonchev–Trinajstić information content (AvgIpc) is 3.02. The minimum atomic E-state index is -0.450. The van der Waals surface area contributed by atoms with Crippen LogP contribution < -0.4 is 5.32 Å². The first-order valence-corrected chi connectivity index (χ1v) is 8.41. The predicted molar refractivity (Wildman–Crippen MR) is 91.2 cm³/mol. The summed E-state index contributed by atoms with van der Waals surface area (Å²) in [5.74, 6) is -0.145. The molecule has 2 aromatic rings. The highest BCUT2D eigenvalue weighted by Crippen LogP contribution is 2.28. The molecule has 1 atom stereocenters. The summed E-state index contributed by atoms with van der Waals surface area (Å²) in [6, 6.07) is 5.43. The third-order valence-electron chi connectivity index (χ3n) is 5.04. The van der Waals surface area contributed by atoms with Crippen molar-refractivity contribution in [2.45, 2.75) is 25.9 Å². The molecule has 130 valence electrons. The normalized spacial score (nSPS) is 23.3. The van der Waals surface area contributed by atoms with Crippen molar-refractivity contribution < 1.29 is 14.3 Å². The number of fused-ring (bicyclic) bond motifs is 1. The molecule has 0 aliphatic carbocycles. The van der Waals surface area contributed by atoms with Gasteiger partial charge in [0.25, 0.3) is 5.91 Å². The summed E-state index contributed by atoms with van der Waals surface area (Å²) >= 11 is 0. The quantitative estimate of drug-likeness (QED) is 0.836. The summed E-state index contributed by atoms with van der Waals surface area (Å²) in [7, 11) is 0. The van der Waals surface area contributed by atoms with Gasteiger partial charge < -0.3 is 15.0 Å². The largest absolute Gasteiger partial charge is 0.361 e. The van der Waals surface area contributed by atoms with Crippen LogP contribution in [-0.4, -0.2) is 58.5 Å². The Morgan fingerprint density at radius 2 is 2.00 bits per heavy atom. The van der Waals surface area contributed by atoms with Crippen molar-refractivity contribution in [3.63, 3.8) is 0 Å². The van der Waals surface area contributed by atoms with E-state index in [0.717, 1.165) is 28.8 Å². The molecule has 0 saturated carbocycles. The highest BCUT2D eigenvalue weighted by atomic mass is 16.5. The van der Waals surface area contributed by atoms with Crippen LogP contribution in [0.1, 0.15) is 28.2 Å². The van der Waals surface area contributed by atoms with Gasteiger partial charge in [-0.2, -0.15) is 0 Å². The van der Waals surface area contributed by atoms with Crippen molar-refractivity contribution in [2.75, 3.05) is 26.2 Å². The van der Waals surface area contributed by atoms with Crippen LogP contribution >= 0.6 is 0 Å². The van der Waals surface area contributed by atoms with Crippen molar-refractivity contribution in [3.8, 4) is 0 Å². The lowest BCUT2D eigenvalue weighted by Gasteiger charge is -2.33. The molecule has 1 spiro atoms. The standard InChI is InChI=1S/C18H20N4O3/c1-11-12(2)21-15-7-13(3-4-14(15)20-11)17(24)22-6-5-18(10-22)9-19-16(23)8-25-18/h3-4,7H,5-6,8-10H2,1-2H3,(H,19,23). The van der Waals surface area contributed by atoms with E-state index >= 15 is 0 Å². The lowest BCUT2D eigenvalue weighted by molar-refractivity contribution is -0.141. The number of rotatable bonds is 1. The minimum Gasteiger partial charge on any atom is -0.361 e. The van der Waals surface area contributed by atoms with Gasteiger partial charge >= 0.3 is 0 Å². The third kappa shape index (κ3) is 2.84. The molecular weight excluding hydrogens is 320 g/mol. The van der Waals surface area contributed by atoms with Crippen LogP contribution in [-0.2, 0) is 9.53 Å². The van der Waals surface area contributed by atoms with Gasteiger partial charge in [0.1, 0.15) is 12.2 Å². The summed E-state index contributed by atoms with van der Waals surface area (Å²) in [5.41, 5.74) is 3.42. The van der Waals surface area contributed by atoms with Gasteiger partial charge in [0.2, 0.25) is 5.91 Å². The summed E-state index contributed by atoms with van der Waals surface area (Å²) in [4.78, 5) is 35.0. The van der Waals surface area contributed by atoms with Crippen molar-refractivity contribution in [2.24, 2.45) is 0 Å². The van der Waals surface area contributed by atoms with Crippen LogP contribution in [0, 0.1) is 13.8 Å². The number of carbonyl (C=O) groups excluding carboxylic acids is 2. The van der Waals surface area contributed by atoms with Crippen molar-refractivity contribution in [1.82, 2.24) is 20.2 Å². The number of benzene rings is 1. The first-order chi connectivity index (χ1) is 12.0. The van der Waals surface area contributed by atoms with Crippen LogP contribution in [0.3, 0.4) is 0 Å². The lowest BCUT2D eigenvalue weighted by Crippen LogP contribution is -2.54. The second-order valence-corrected chi connectivity index (χ2v) is 6.82. The molecule has 2 amide bonds. The van der Waals surface area contributed by atoms with Gasteiger partial charge in [-0.05, 0) is 38.5 Å².